The topological polar surface area (TPSA) is 23.5 Å². The van der Waals surface area contributed by atoms with Gasteiger partial charge in [-0.3, -0.25) is 4.90 Å². The highest BCUT2D eigenvalue weighted by Crippen LogP contribution is 2.61. The second kappa shape index (κ2) is 5.28. The molecule has 0 atom stereocenters. The number of aliphatic hydroxyl groups is 1. The molecular weight excluding hydrogens is 246 g/mol. The van der Waals surface area contributed by atoms with Crippen LogP contribution < -0.4 is 0 Å². The van der Waals surface area contributed by atoms with Crippen LogP contribution >= 0.6 is 0 Å². The van der Waals surface area contributed by atoms with Crippen molar-refractivity contribution in [2.45, 2.75) is 70.3 Å². The zero-order valence-electron chi connectivity index (χ0n) is 12.9. The lowest BCUT2D eigenvalue weighted by atomic mass is 9.49. The smallest absolute Gasteiger partial charge is 0.0558 e. The fourth-order valence-corrected chi connectivity index (χ4v) is 6.33. The van der Waals surface area contributed by atoms with Crippen LogP contribution in [-0.2, 0) is 0 Å². The summed E-state index contributed by atoms with van der Waals surface area (Å²) in [7, 11) is 0. The quantitative estimate of drug-likeness (QED) is 0.804. The van der Waals surface area contributed by atoms with Gasteiger partial charge in [-0.15, -0.1) is 0 Å². The number of hydrogen-bond acceptors (Lipinski definition) is 2. The number of hydrogen-bond donors (Lipinski definition) is 1. The molecule has 0 unspecified atom stereocenters. The Hall–Kier alpha value is -0.0800. The zero-order valence-corrected chi connectivity index (χ0v) is 12.9. The molecule has 2 nitrogen and oxygen atoms in total. The molecular formula is C18H31NO. The first-order valence-electron chi connectivity index (χ1n) is 9.11. The van der Waals surface area contributed by atoms with Crippen molar-refractivity contribution in [2.75, 3.05) is 19.7 Å². The van der Waals surface area contributed by atoms with Crippen molar-refractivity contribution >= 4 is 0 Å². The molecule has 20 heavy (non-hydrogen) atoms. The molecule has 0 spiro atoms. The third-order valence-electron chi connectivity index (χ3n) is 7.07. The van der Waals surface area contributed by atoms with Crippen LogP contribution in [0.3, 0.4) is 0 Å². The van der Waals surface area contributed by atoms with E-state index in [1.54, 1.807) is 19.3 Å². The summed E-state index contributed by atoms with van der Waals surface area (Å²) in [6, 6.07) is 0.802. The Morgan fingerprint density at radius 2 is 1.50 bits per heavy atom. The van der Waals surface area contributed by atoms with E-state index >= 15 is 0 Å². The lowest BCUT2D eigenvalue weighted by molar-refractivity contribution is -0.0643. The molecule has 0 saturated heterocycles. The molecule has 0 aliphatic heterocycles. The van der Waals surface area contributed by atoms with E-state index in [-0.39, 0.29) is 0 Å². The van der Waals surface area contributed by atoms with E-state index in [9.17, 15) is 5.11 Å². The molecule has 0 aromatic rings. The van der Waals surface area contributed by atoms with Gasteiger partial charge in [0.15, 0.2) is 0 Å². The average Bonchev–Trinajstić information content (AvgIpc) is 2.32. The molecule has 5 saturated carbocycles. The van der Waals surface area contributed by atoms with Crippen LogP contribution in [-0.4, -0.2) is 35.7 Å². The summed E-state index contributed by atoms with van der Waals surface area (Å²) in [5.74, 6) is 3.24. The van der Waals surface area contributed by atoms with Gasteiger partial charge in [0.25, 0.3) is 0 Å². The highest BCUT2D eigenvalue weighted by Gasteiger charge is 2.50. The van der Waals surface area contributed by atoms with Crippen LogP contribution in [0.2, 0.25) is 0 Å². The summed E-state index contributed by atoms with van der Waals surface area (Å²) in [5.41, 5.74) is 0.714. The summed E-state index contributed by atoms with van der Waals surface area (Å²) in [6.07, 6.45) is 14.9. The number of aliphatic hydroxyl groups excluding tert-OH is 1. The molecule has 4 bridgehead atoms. The second-order valence-corrected chi connectivity index (χ2v) is 8.51. The average molecular weight is 277 g/mol. The molecule has 5 aliphatic carbocycles. The summed E-state index contributed by atoms with van der Waals surface area (Å²) < 4.78 is 0. The van der Waals surface area contributed by atoms with Crippen molar-refractivity contribution < 1.29 is 5.11 Å². The Balaban J connectivity index is 1.38. The normalized spacial score (nSPS) is 43.2. The first-order valence-corrected chi connectivity index (χ1v) is 9.11. The molecule has 5 fully saturated rings. The Labute approximate surface area is 123 Å². The van der Waals surface area contributed by atoms with Gasteiger partial charge in [0, 0.05) is 12.6 Å². The molecule has 5 aliphatic rings. The lowest BCUT2D eigenvalue weighted by Gasteiger charge is -2.57. The van der Waals surface area contributed by atoms with Gasteiger partial charge in [0.05, 0.1) is 6.61 Å². The fourth-order valence-electron chi connectivity index (χ4n) is 6.33. The molecule has 5 rings (SSSR count). The monoisotopic (exact) mass is 277 g/mol. The van der Waals surface area contributed by atoms with E-state index in [1.807, 2.05) is 0 Å². The highest BCUT2D eigenvalue weighted by atomic mass is 16.3. The maximum atomic E-state index is 9.32. The second-order valence-electron chi connectivity index (χ2n) is 8.51. The molecule has 0 heterocycles. The maximum Gasteiger partial charge on any atom is 0.0558 e. The van der Waals surface area contributed by atoms with Gasteiger partial charge in [0.2, 0.25) is 0 Å². The minimum atomic E-state index is 0.345. The van der Waals surface area contributed by atoms with Crippen LogP contribution in [0, 0.1) is 23.2 Å². The van der Waals surface area contributed by atoms with Gasteiger partial charge in [-0.1, -0.05) is 6.42 Å². The van der Waals surface area contributed by atoms with Gasteiger partial charge in [-0.2, -0.15) is 0 Å². The fraction of sp³-hybridized carbons (Fsp3) is 1.00. The lowest BCUT2D eigenvalue weighted by Crippen LogP contribution is -2.49. The maximum absolute atomic E-state index is 9.32. The summed E-state index contributed by atoms with van der Waals surface area (Å²) in [5, 5.41) is 9.32. The molecule has 0 amide bonds. The van der Waals surface area contributed by atoms with Crippen molar-refractivity contribution in [3.05, 3.63) is 0 Å². The van der Waals surface area contributed by atoms with Crippen LogP contribution in [0.4, 0.5) is 0 Å². The Morgan fingerprint density at radius 1 is 0.900 bits per heavy atom. The van der Waals surface area contributed by atoms with E-state index in [0.29, 0.717) is 12.0 Å². The van der Waals surface area contributed by atoms with E-state index in [2.05, 4.69) is 4.90 Å². The van der Waals surface area contributed by atoms with Crippen LogP contribution in [0.25, 0.3) is 0 Å². The first-order chi connectivity index (χ1) is 9.76. The SMILES string of the molecule is OCCN(CCC12CC3CC(CC(C3)C1)C2)C1CCC1. The van der Waals surface area contributed by atoms with E-state index in [1.165, 1.54) is 51.5 Å². The van der Waals surface area contributed by atoms with Gasteiger partial charge in [-0.25, -0.2) is 0 Å². The van der Waals surface area contributed by atoms with Crippen molar-refractivity contribution in [1.29, 1.82) is 0 Å². The van der Waals surface area contributed by atoms with Gasteiger partial charge in [-0.05, 0) is 87.5 Å². The van der Waals surface area contributed by atoms with E-state index in [4.69, 9.17) is 0 Å². The summed E-state index contributed by atoms with van der Waals surface area (Å²) in [6.45, 7) is 2.52. The summed E-state index contributed by atoms with van der Waals surface area (Å²) >= 11 is 0. The van der Waals surface area contributed by atoms with Crippen molar-refractivity contribution in [1.82, 2.24) is 4.90 Å². The predicted octanol–water partition coefficient (Wildman–Crippen LogP) is 3.44. The number of rotatable bonds is 6. The van der Waals surface area contributed by atoms with Gasteiger partial charge in [0.1, 0.15) is 0 Å². The molecule has 0 radical (unpaired) electrons. The first kappa shape index (κ1) is 13.6. The Morgan fingerprint density at radius 3 is 1.95 bits per heavy atom. The van der Waals surface area contributed by atoms with E-state index < -0.39 is 0 Å². The molecule has 0 aromatic carbocycles. The van der Waals surface area contributed by atoms with E-state index in [0.717, 1.165) is 30.3 Å². The van der Waals surface area contributed by atoms with Gasteiger partial charge >= 0.3 is 0 Å². The highest BCUT2D eigenvalue weighted by molar-refractivity contribution is 5.01. The molecule has 114 valence electrons. The third-order valence-corrected chi connectivity index (χ3v) is 7.07. The van der Waals surface area contributed by atoms with Crippen LogP contribution in [0.1, 0.15) is 64.2 Å². The van der Waals surface area contributed by atoms with Crippen molar-refractivity contribution in [3.63, 3.8) is 0 Å². The molecule has 2 heteroatoms. The standard InChI is InChI=1S/C18H31NO/c20-7-6-19(17-2-1-3-17)5-4-18-11-14-8-15(12-18)10-16(9-14)13-18/h14-17,20H,1-13H2. The van der Waals surface area contributed by atoms with Crippen LogP contribution in [0.15, 0.2) is 0 Å². The minimum Gasteiger partial charge on any atom is -0.395 e. The molecule has 1 N–H and O–H groups in total. The summed E-state index contributed by atoms with van der Waals surface area (Å²) in [4.78, 5) is 2.61. The zero-order chi connectivity index (χ0) is 13.6. The van der Waals surface area contributed by atoms with Gasteiger partial charge < -0.3 is 5.11 Å². The van der Waals surface area contributed by atoms with Crippen molar-refractivity contribution in [3.8, 4) is 0 Å². The Kier molecular flexibility index (Phi) is 3.58. The van der Waals surface area contributed by atoms with Crippen LogP contribution in [0.5, 0.6) is 0 Å². The largest absolute Gasteiger partial charge is 0.395 e. The number of nitrogens with zero attached hydrogens (tertiary/aromatic N) is 1. The van der Waals surface area contributed by atoms with Crippen molar-refractivity contribution in [2.24, 2.45) is 23.2 Å². The third kappa shape index (κ3) is 2.43. The Bertz CT molecular complexity index is 314. The molecule has 0 aromatic heterocycles. The minimum absolute atomic E-state index is 0.345. The predicted molar refractivity (Wildman–Crippen MR) is 81.5 cm³/mol.